The van der Waals surface area contributed by atoms with Crippen LogP contribution in [0.4, 0.5) is 0 Å². The summed E-state index contributed by atoms with van der Waals surface area (Å²) in [5.41, 5.74) is 2.61. The van der Waals surface area contributed by atoms with Crippen LogP contribution in [0.2, 0.25) is 0 Å². The van der Waals surface area contributed by atoms with Gasteiger partial charge in [0.25, 0.3) is 0 Å². The minimum Gasteiger partial charge on any atom is -0.297 e. The first-order valence-corrected chi connectivity index (χ1v) is 6.15. The van der Waals surface area contributed by atoms with Gasteiger partial charge in [-0.3, -0.25) is 4.90 Å². The smallest absolute Gasteiger partial charge is 0.0477 e. The van der Waals surface area contributed by atoms with Crippen LogP contribution in [0.15, 0.2) is 24.3 Å². The van der Waals surface area contributed by atoms with Crippen molar-refractivity contribution in [3.8, 4) is 0 Å². The van der Waals surface area contributed by atoms with Gasteiger partial charge < -0.3 is 0 Å². The van der Waals surface area contributed by atoms with Crippen LogP contribution in [0.1, 0.15) is 37.9 Å². The Balaban J connectivity index is 2.93. The van der Waals surface area contributed by atoms with E-state index >= 15 is 0 Å². The van der Waals surface area contributed by atoms with Gasteiger partial charge in [-0.1, -0.05) is 38.1 Å². The van der Waals surface area contributed by atoms with E-state index in [4.69, 9.17) is 11.6 Å². The van der Waals surface area contributed by atoms with Gasteiger partial charge in [-0.2, -0.15) is 0 Å². The van der Waals surface area contributed by atoms with E-state index in [2.05, 4.69) is 49.9 Å². The Morgan fingerprint density at radius 2 is 1.80 bits per heavy atom. The number of nitrogens with zero attached hydrogens (tertiary/aromatic N) is 1. The van der Waals surface area contributed by atoms with Crippen LogP contribution in [0.5, 0.6) is 0 Å². The summed E-state index contributed by atoms with van der Waals surface area (Å²) in [6, 6.07) is 8.89. The third-order valence-electron chi connectivity index (χ3n) is 3.01. The molecule has 15 heavy (non-hydrogen) atoms. The van der Waals surface area contributed by atoms with Crippen molar-refractivity contribution in [1.82, 2.24) is 4.90 Å². The molecule has 0 N–H and O–H groups in total. The van der Waals surface area contributed by atoms with E-state index in [9.17, 15) is 0 Å². The molecule has 84 valence electrons. The molecule has 0 saturated carbocycles. The van der Waals surface area contributed by atoms with E-state index < -0.39 is 0 Å². The highest BCUT2D eigenvalue weighted by Crippen LogP contribution is 2.24. The Labute approximate surface area is 98.0 Å². The number of rotatable bonds is 5. The minimum absolute atomic E-state index is 0.454. The third-order valence-corrected chi connectivity index (χ3v) is 3.30. The van der Waals surface area contributed by atoms with Crippen molar-refractivity contribution in [3.05, 3.63) is 35.4 Å². The molecule has 1 aromatic rings. The van der Waals surface area contributed by atoms with E-state index in [1.54, 1.807) is 0 Å². The van der Waals surface area contributed by atoms with Crippen LogP contribution in [0.25, 0.3) is 0 Å². The molecule has 0 aliphatic heterocycles. The zero-order chi connectivity index (χ0) is 11.3. The van der Waals surface area contributed by atoms with Crippen LogP contribution in [-0.2, 0) is 5.88 Å². The molecule has 1 atom stereocenters. The van der Waals surface area contributed by atoms with Crippen LogP contribution in [-0.4, -0.2) is 18.0 Å². The molecule has 0 radical (unpaired) electrons. The molecule has 0 bridgehead atoms. The summed E-state index contributed by atoms with van der Waals surface area (Å²) in [6.45, 7) is 8.80. The lowest BCUT2D eigenvalue weighted by Gasteiger charge is -2.28. The Morgan fingerprint density at radius 3 is 2.33 bits per heavy atom. The fourth-order valence-corrected chi connectivity index (χ4v) is 2.27. The molecule has 1 rings (SSSR count). The van der Waals surface area contributed by atoms with E-state index in [0.717, 1.165) is 13.1 Å². The molecule has 0 amide bonds. The lowest BCUT2D eigenvalue weighted by atomic mass is 10.0. The molecule has 0 aliphatic rings. The molecule has 0 fully saturated rings. The first-order valence-electron chi connectivity index (χ1n) is 5.62. The number of hydrogen-bond donors (Lipinski definition) is 0. The second-order valence-electron chi connectivity index (χ2n) is 3.73. The molecule has 1 aromatic carbocycles. The third kappa shape index (κ3) is 2.96. The molecule has 1 unspecified atom stereocenters. The summed E-state index contributed by atoms with van der Waals surface area (Å²) in [4.78, 5) is 2.44. The predicted octanol–water partition coefficient (Wildman–Crippen LogP) is 3.83. The van der Waals surface area contributed by atoms with Gasteiger partial charge in [-0.05, 0) is 31.1 Å². The molecule has 0 heterocycles. The molecular weight excluding hydrogens is 206 g/mol. The van der Waals surface area contributed by atoms with Crippen LogP contribution in [0.3, 0.4) is 0 Å². The molecular formula is C13H20ClN. The van der Waals surface area contributed by atoms with E-state index in [0.29, 0.717) is 11.9 Å². The number of alkyl halides is 1. The molecule has 0 saturated heterocycles. The van der Waals surface area contributed by atoms with Gasteiger partial charge in [0, 0.05) is 11.9 Å². The zero-order valence-corrected chi connectivity index (χ0v) is 10.6. The van der Waals surface area contributed by atoms with Crippen LogP contribution >= 0.6 is 11.6 Å². The van der Waals surface area contributed by atoms with Crippen molar-refractivity contribution in [2.24, 2.45) is 0 Å². The Morgan fingerprint density at radius 1 is 1.20 bits per heavy atom. The first kappa shape index (κ1) is 12.5. The van der Waals surface area contributed by atoms with Gasteiger partial charge in [0.05, 0.1) is 0 Å². The second-order valence-corrected chi connectivity index (χ2v) is 4.00. The topological polar surface area (TPSA) is 3.24 Å². The molecule has 2 heteroatoms. The summed E-state index contributed by atoms with van der Waals surface area (Å²) in [6.07, 6.45) is 0. The largest absolute Gasteiger partial charge is 0.297 e. The van der Waals surface area contributed by atoms with Gasteiger partial charge in [-0.25, -0.2) is 0 Å². The Hall–Kier alpha value is -0.530. The molecule has 0 aliphatic carbocycles. The second kappa shape index (κ2) is 6.14. The number of benzene rings is 1. The highest BCUT2D eigenvalue weighted by atomic mass is 35.5. The lowest BCUT2D eigenvalue weighted by Crippen LogP contribution is -2.27. The van der Waals surface area contributed by atoms with Crippen molar-refractivity contribution < 1.29 is 0 Å². The Kier molecular flexibility index (Phi) is 5.13. The van der Waals surface area contributed by atoms with Gasteiger partial charge in [-0.15, -0.1) is 11.6 Å². The average molecular weight is 226 g/mol. The molecule has 0 aromatic heterocycles. The van der Waals surface area contributed by atoms with Gasteiger partial charge in [0.1, 0.15) is 0 Å². The molecule has 1 nitrogen and oxygen atoms in total. The fraction of sp³-hybridized carbons (Fsp3) is 0.538. The Bertz CT molecular complexity index is 294. The maximum absolute atomic E-state index is 5.95. The van der Waals surface area contributed by atoms with Crippen molar-refractivity contribution in [3.63, 3.8) is 0 Å². The van der Waals surface area contributed by atoms with Crippen molar-refractivity contribution in [2.75, 3.05) is 13.1 Å². The minimum atomic E-state index is 0.454. The first-order chi connectivity index (χ1) is 7.24. The highest BCUT2D eigenvalue weighted by molar-refractivity contribution is 6.17. The van der Waals surface area contributed by atoms with E-state index in [-0.39, 0.29) is 0 Å². The van der Waals surface area contributed by atoms with Crippen molar-refractivity contribution in [1.29, 1.82) is 0 Å². The van der Waals surface area contributed by atoms with Crippen LogP contribution in [0, 0.1) is 0 Å². The fourth-order valence-electron chi connectivity index (χ4n) is 2.03. The standard InChI is InChI=1S/C13H20ClN/c1-4-15(5-2)11(3)13-9-7-6-8-12(13)10-14/h6-9,11H,4-5,10H2,1-3H3. The monoisotopic (exact) mass is 225 g/mol. The summed E-state index contributed by atoms with van der Waals surface area (Å²) < 4.78 is 0. The number of halogens is 1. The predicted molar refractivity (Wildman–Crippen MR) is 67.3 cm³/mol. The highest BCUT2D eigenvalue weighted by Gasteiger charge is 2.14. The van der Waals surface area contributed by atoms with Gasteiger partial charge >= 0.3 is 0 Å². The van der Waals surface area contributed by atoms with E-state index in [1.165, 1.54) is 11.1 Å². The van der Waals surface area contributed by atoms with Gasteiger partial charge in [0.2, 0.25) is 0 Å². The summed E-state index contributed by atoms with van der Waals surface area (Å²) >= 11 is 5.95. The van der Waals surface area contributed by atoms with Gasteiger partial charge in [0.15, 0.2) is 0 Å². The molecule has 0 spiro atoms. The summed E-state index contributed by atoms with van der Waals surface area (Å²) in [5.74, 6) is 0.599. The maximum atomic E-state index is 5.95. The zero-order valence-electron chi connectivity index (χ0n) is 9.83. The van der Waals surface area contributed by atoms with Crippen LogP contribution < -0.4 is 0 Å². The average Bonchev–Trinajstić information content (AvgIpc) is 2.30. The van der Waals surface area contributed by atoms with E-state index in [1.807, 2.05) is 0 Å². The maximum Gasteiger partial charge on any atom is 0.0477 e. The summed E-state index contributed by atoms with van der Waals surface area (Å²) in [7, 11) is 0. The summed E-state index contributed by atoms with van der Waals surface area (Å²) in [5, 5.41) is 0. The SMILES string of the molecule is CCN(CC)C(C)c1ccccc1CCl. The lowest BCUT2D eigenvalue weighted by molar-refractivity contribution is 0.233. The normalized spacial score (nSPS) is 13.1. The van der Waals surface area contributed by atoms with Crippen molar-refractivity contribution in [2.45, 2.75) is 32.7 Å². The quantitative estimate of drug-likeness (QED) is 0.689. The van der Waals surface area contributed by atoms with Crippen molar-refractivity contribution >= 4 is 11.6 Å². The number of hydrogen-bond acceptors (Lipinski definition) is 1.